The molecule has 0 radical (unpaired) electrons. The first-order valence-electron chi connectivity index (χ1n) is 8.67. The highest BCUT2D eigenvalue weighted by atomic mass is 16.6. The zero-order chi connectivity index (χ0) is 18.4. The highest BCUT2D eigenvalue weighted by Gasteiger charge is 2.15. The van der Waals surface area contributed by atoms with E-state index in [9.17, 15) is 10.1 Å². The fraction of sp³-hybridized carbons (Fsp3) is 0. The fourth-order valence-corrected chi connectivity index (χ4v) is 3.65. The zero-order valence-electron chi connectivity index (χ0n) is 14.3. The van der Waals surface area contributed by atoms with E-state index in [1.165, 1.54) is 6.07 Å². The average Bonchev–Trinajstić information content (AvgIpc) is 2.70. The Bertz CT molecular complexity index is 1340. The first kappa shape index (κ1) is 15.5. The number of aromatic nitrogens is 1. The van der Waals surface area contributed by atoms with Crippen LogP contribution in [0.5, 0.6) is 0 Å². The van der Waals surface area contributed by atoms with E-state index in [1.807, 2.05) is 42.5 Å². The predicted molar refractivity (Wildman–Crippen MR) is 109 cm³/mol. The molecule has 4 heteroatoms. The van der Waals surface area contributed by atoms with Crippen molar-refractivity contribution in [3.8, 4) is 11.1 Å². The lowest BCUT2D eigenvalue weighted by Crippen LogP contribution is -1.92. The third kappa shape index (κ3) is 2.50. The van der Waals surface area contributed by atoms with E-state index in [4.69, 9.17) is 4.98 Å². The molecule has 0 amide bonds. The minimum atomic E-state index is -0.362. The lowest BCUT2D eigenvalue weighted by molar-refractivity contribution is -0.384. The molecule has 0 aliphatic rings. The Morgan fingerprint density at radius 2 is 1.37 bits per heavy atom. The molecule has 0 fully saturated rings. The molecule has 0 N–H and O–H groups in total. The van der Waals surface area contributed by atoms with E-state index in [0.29, 0.717) is 0 Å². The molecule has 27 heavy (non-hydrogen) atoms. The Labute approximate surface area is 154 Å². The minimum Gasteiger partial charge on any atom is -0.258 e. The van der Waals surface area contributed by atoms with Crippen molar-refractivity contribution < 1.29 is 4.92 Å². The number of rotatable bonds is 2. The highest BCUT2D eigenvalue weighted by molar-refractivity contribution is 6.13. The number of pyridine rings is 1. The van der Waals surface area contributed by atoms with Crippen LogP contribution < -0.4 is 0 Å². The monoisotopic (exact) mass is 350 g/mol. The Hall–Kier alpha value is -3.79. The maximum absolute atomic E-state index is 11.3. The Balaban J connectivity index is 2.00. The second kappa shape index (κ2) is 5.88. The van der Waals surface area contributed by atoms with E-state index in [1.54, 1.807) is 12.1 Å². The molecule has 4 nitrogen and oxygen atoms in total. The summed E-state index contributed by atoms with van der Waals surface area (Å²) in [6.45, 7) is 0. The number of hydrogen-bond donors (Lipinski definition) is 0. The van der Waals surface area contributed by atoms with E-state index in [0.717, 1.165) is 43.7 Å². The number of nitro groups is 1. The number of nitrogens with zero attached hydrogens (tertiary/aromatic N) is 2. The van der Waals surface area contributed by atoms with Gasteiger partial charge >= 0.3 is 0 Å². The first-order valence-corrected chi connectivity index (χ1v) is 8.67. The molecular weight excluding hydrogens is 336 g/mol. The molecule has 0 saturated heterocycles. The lowest BCUT2D eigenvalue weighted by atomic mass is 9.94. The van der Waals surface area contributed by atoms with Crippen molar-refractivity contribution in [3.05, 3.63) is 95.0 Å². The molecule has 0 atom stereocenters. The molecule has 1 heterocycles. The van der Waals surface area contributed by atoms with Crippen LogP contribution in [0.3, 0.4) is 0 Å². The van der Waals surface area contributed by atoms with Gasteiger partial charge in [0.2, 0.25) is 0 Å². The van der Waals surface area contributed by atoms with Gasteiger partial charge < -0.3 is 0 Å². The van der Waals surface area contributed by atoms with Gasteiger partial charge in [-0.25, -0.2) is 4.98 Å². The average molecular weight is 350 g/mol. The Kier molecular flexibility index (Phi) is 3.37. The molecule has 0 bridgehead atoms. The van der Waals surface area contributed by atoms with Crippen molar-refractivity contribution in [1.29, 1.82) is 0 Å². The summed E-state index contributed by atoms with van der Waals surface area (Å²) in [6, 6.07) is 27.2. The van der Waals surface area contributed by atoms with Gasteiger partial charge in [0.1, 0.15) is 0 Å². The summed E-state index contributed by atoms with van der Waals surface area (Å²) in [5.41, 5.74) is 3.70. The van der Waals surface area contributed by atoms with Crippen LogP contribution in [0, 0.1) is 10.1 Å². The topological polar surface area (TPSA) is 56.0 Å². The van der Waals surface area contributed by atoms with Crippen molar-refractivity contribution in [3.63, 3.8) is 0 Å². The molecule has 0 aliphatic carbocycles. The summed E-state index contributed by atoms with van der Waals surface area (Å²) in [4.78, 5) is 15.7. The summed E-state index contributed by atoms with van der Waals surface area (Å²) in [5.74, 6) is 0. The standard InChI is InChI=1S/C23H14N2O2/c26-25(27)18-10-11-21-20(14-18)23(15-6-2-1-3-7-15)19-12-16-8-4-5-9-17(16)13-22(19)24-21/h1-14H. The second-order valence-electron chi connectivity index (χ2n) is 6.53. The van der Waals surface area contributed by atoms with E-state index >= 15 is 0 Å². The molecule has 4 aromatic carbocycles. The molecule has 0 aliphatic heterocycles. The van der Waals surface area contributed by atoms with Gasteiger partial charge in [0, 0.05) is 28.5 Å². The van der Waals surface area contributed by atoms with Gasteiger partial charge in [-0.3, -0.25) is 10.1 Å². The van der Waals surface area contributed by atoms with Crippen LogP contribution >= 0.6 is 0 Å². The van der Waals surface area contributed by atoms with Crippen LogP contribution in [0.25, 0.3) is 43.7 Å². The van der Waals surface area contributed by atoms with Crippen LogP contribution in [-0.2, 0) is 0 Å². The van der Waals surface area contributed by atoms with Crippen LogP contribution in [0.15, 0.2) is 84.9 Å². The van der Waals surface area contributed by atoms with Crippen LogP contribution in [0.1, 0.15) is 0 Å². The van der Waals surface area contributed by atoms with Gasteiger partial charge in [-0.15, -0.1) is 0 Å². The summed E-state index contributed by atoms with van der Waals surface area (Å²) in [6.07, 6.45) is 0. The first-order chi connectivity index (χ1) is 13.2. The van der Waals surface area contributed by atoms with Gasteiger partial charge in [-0.1, -0.05) is 54.6 Å². The SMILES string of the molecule is O=[N+]([O-])c1ccc2nc3cc4ccccc4cc3c(-c3ccccc3)c2c1. The van der Waals surface area contributed by atoms with E-state index in [2.05, 4.69) is 24.3 Å². The number of fused-ring (bicyclic) bond motifs is 3. The van der Waals surface area contributed by atoms with Gasteiger partial charge in [-0.05, 0) is 34.5 Å². The maximum atomic E-state index is 11.3. The van der Waals surface area contributed by atoms with Crippen LogP contribution in [0.2, 0.25) is 0 Å². The van der Waals surface area contributed by atoms with Gasteiger partial charge in [-0.2, -0.15) is 0 Å². The van der Waals surface area contributed by atoms with E-state index < -0.39 is 0 Å². The summed E-state index contributed by atoms with van der Waals surface area (Å²) < 4.78 is 0. The Morgan fingerprint density at radius 1 is 0.704 bits per heavy atom. The molecule has 128 valence electrons. The van der Waals surface area contributed by atoms with Crippen molar-refractivity contribution in [2.24, 2.45) is 0 Å². The number of non-ortho nitro benzene ring substituents is 1. The number of benzene rings is 4. The van der Waals surface area contributed by atoms with Gasteiger partial charge in [0.25, 0.3) is 5.69 Å². The zero-order valence-corrected chi connectivity index (χ0v) is 14.3. The smallest absolute Gasteiger partial charge is 0.258 e. The Morgan fingerprint density at radius 3 is 2.11 bits per heavy atom. The number of hydrogen-bond acceptors (Lipinski definition) is 3. The molecule has 0 spiro atoms. The molecule has 5 rings (SSSR count). The van der Waals surface area contributed by atoms with Crippen molar-refractivity contribution in [1.82, 2.24) is 4.98 Å². The van der Waals surface area contributed by atoms with Crippen LogP contribution in [0.4, 0.5) is 5.69 Å². The molecule has 0 unspecified atom stereocenters. The maximum Gasteiger partial charge on any atom is 0.270 e. The van der Waals surface area contributed by atoms with Gasteiger partial charge in [0.15, 0.2) is 0 Å². The third-order valence-electron chi connectivity index (χ3n) is 4.90. The van der Waals surface area contributed by atoms with Crippen molar-refractivity contribution in [2.75, 3.05) is 0 Å². The molecule has 5 aromatic rings. The minimum absolute atomic E-state index is 0.0709. The quantitative estimate of drug-likeness (QED) is 0.219. The second-order valence-corrected chi connectivity index (χ2v) is 6.53. The predicted octanol–water partition coefficient (Wildman–Crippen LogP) is 6.12. The molecule has 1 aromatic heterocycles. The normalized spacial score (nSPS) is 11.3. The van der Waals surface area contributed by atoms with E-state index in [-0.39, 0.29) is 10.6 Å². The third-order valence-corrected chi connectivity index (χ3v) is 4.90. The molecular formula is C23H14N2O2. The summed E-state index contributed by atoms with van der Waals surface area (Å²) >= 11 is 0. The fourth-order valence-electron chi connectivity index (χ4n) is 3.65. The van der Waals surface area contributed by atoms with Gasteiger partial charge in [0.05, 0.1) is 16.0 Å². The van der Waals surface area contributed by atoms with Crippen molar-refractivity contribution >= 4 is 38.3 Å². The molecule has 0 saturated carbocycles. The summed E-state index contributed by atoms with van der Waals surface area (Å²) in [7, 11) is 0. The lowest BCUT2D eigenvalue weighted by Gasteiger charge is -2.12. The summed E-state index contributed by atoms with van der Waals surface area (Å²) in [5, 5.41) is 15.3. The van der Waals surface area contributed by atoms with Crippen LogP contribution in [-0.4, -0.2) is 9.91 Å². The van der Waals surface area contributed by atoms with Crippen molar-refractivity contribution in [2.45, 2.75) is 0 Å². The number of nitro benzene ring substituents is 1. The largest absolute Gasteiger partial charge is 0.270 e. The highest BCUT2D eigenvalue weighted by Crippen LogP contribution is 2.37.